The summed E-state index contributed by atoms with van der Waals surface area (Å²) in [5.41, 5.74) is 1.71. The maximum Gasteiger partial charge on any atom is 0.141 e. The maximum atomic E-state index is 13.3. The van der Waals surface area contributed by atoms with Gasteiger partial charge in [0.25, 0.3) is 0 Å². The number of hydrogen-bond donors (Lipinski definition) is 0. The fraction of sp³-hybridized carbons (Fsp3) is 0.0625. The zero-order chi connectivity index (χ0) is 15.7. The highest BCUT2D eigenvalue weighted by Crippen LogP contribution is 2.32. The second kappa shape index (κ2) is 6.41. The van der Waals surface area contributed by atoms with Gasteiger partial charge in [-0.15, -0.1) is 0 Å². The van der Waals surface area contributed by atoms with Crippen LogP contribution in [0.5, 0.6) is 0 Å². The highest BCUT2D eigenvalue weighted by atomic mass is 79.9. The first-order valence-corrected chi connectivity index (χ1v) is 8.00. The number of rotatable bonds is 3. The zero-order valence-corrected chi connectivity index (χ0v) is 14.3. The van der Waals surface area contributed by atoms with Gasteiger partial charge in [0.05, 0.1) is 14.5 Å². The SMILES string of the molecule is Fc1ccc(Cn2ccnc2-c2cccc(Cl)c2Cl)cc1Br. The third-order valence-corrected chi connectivity index (χ3v) is 4.67. The van der Waals surface area contributed by atoms with Crippen molar-refractivity contribution in [3.05, 3.63) is 74.7 Å². The van der Waals surface area contributed by atoms with Gasteiger partial charge in [-0.25, -0.2) is 9.37 Å². The quantitative estimate of drug-likeness (QED) is 0.543. The van der Waals surface area contributed by atoms with Crippen molar-refractivity contribution in [3.63, 3.8) is 0 Å². The molecule has 3 rings (SSSR count). The fourth-order valence-corrected chi connectivity index (χ4v) is 3.00. The molecule has 6 heteroatoms. The molecule has 0 atom stereocenters. The van der Waals surface area contributed by atoms with Crippen molar-refractivity contribution in [2.45, 2.75) is 6.54 Å². The molecule has 0 N–H and O–H groups in total. The van der Waals surface area contributed by atoms with Gasteiger partial charge in [0.1, 0.15) is 11.6 Å². The third kappa shape index (κ3) is 3.05. The summed E-state index contributed by atoms with van der Waals surface area (Å²) in [4.78, 5) is 4.36. The van der Waals surface area contributed by atoms with Crippen molar-refractivity contribution in [1.29, 1.82) is 0 Å². The molecule has 0 spiro atoms. The second-order valence-corrected chi connectivity index (χ2v) is 6.37. The lowest BCUT2D eigenvalue weighted by Gasteiger charge is -2.10. The summed E-state index contributed by atoms with van der Waals surface area (Å²) < 4.78 is 15.7. The van der Waals surface area contributed by atoms with E-state index in [9.17, 15) is 4.39 Å². The van der Waals surface area contributed by atoms with Gasteiger partial charge in [0.2, 0.25) is 0 Å². The Morgan fingerprint density at radius 2 is 2.00 bits per heavy atom. The Bertz CT molecular complexity index is 833. The molecule has 1 aromatic heterocycles. The zero-order valence-electron chi connectivity index (χ0n) is 11.2. The number of halogens is 4. The Morgan fingerprint density at radius 1 is 1.18 bits per heavy atom. The van der Waals surface area contributed by atoms with E-state index in [1.807, 2.05) is 22.9 Å². The van der Waals surface area contributed by atoms with Crippen LogP contribution in [0.3, 0.4) is 0 Å². The van der Waals surface area contributed by atoms with Crippen LogP contribution in [-0.2, 0) is 6.54 Å². The van der Waals surface area contributed by atoms with Crippen LogP contribution in [0.4, 0.5) is 4.39 Å². The lowest BCUT2D eigenvalue weighted by molar-refractivity contribution is 0.619. The average Bonchev–Trinajstić information content (AvgIpc) is 2.94. The second-order valence-electron chi connectivity index (χ2n) is 4.73. The standard InChI is InChI=1S/C16H10BrCl2FN2/c17-12-8-10(4-5-14(12)20)9-22-7-6-21-16(22)11-2-1-3-13(18)15(11)19/h1-8H,9H2. The number of imidazole rings is 1. The van der Waals surface area contributed by atoms with Gasteiger partial charge < -0.3 is 4.57 Å². The van der Waals surface area contributed by atoms with Crippen LogP contribution in [0, 0.1) is 5.82 Å². The van der Waals surface area contributed by atoms with Crippen LogP contribution in [0.1, 0.15) is 5.56 Å². The van der Waals surface area contributed by atoms with Crippen molar-refractivity contribution in [3.8, 4) is 11.4 Å². The molecule has 112 valence electrons. The molecule has 3 aromatic rings. The predicted molar refractivity (Wildman–Crippen MR) is 90.9 cm³/mol. The molecule has 0 saturated heterocycles. The molecular formula is C16H10BrCl2FN2. The Balaban J connectivity index is 1.98. The Morgan fingerprint density at radius 3 is 2.77 bits per heavy atom. The van der Waals surface area contributed by atoms with Crippen molar-refractivity contribution in [2.24, 2.45) is 0 Å². The van der Waals surface area contributed by atoms with Crippen molar-refractivity contribution >= 4 is 39.1 Å². The summed E-state index contributed by atoms with van der Waals surface area (Å²) in [6.07, 6.45) is 3.55. The van der Waals surface area contributed by atoms with Gasteiger partial charge in [-0.3, -0.25) is 0 Å². The summed E-state index contributed by atoms with van der Waals surface area (Å²) in [7, 11) is 0. The van der Waals surface area contributed by atoms with Crippen molar-refractivity contribution < 1.29 is 4.39 Å². The molecule has 0 fully saturated rings. The van der Waals surface area contributed by atoms with Gasteiger partial charge >= 0.3 is 0 Å². The largest absolute Gasteiger partial charge is 0.327 e. The number of aromatic nitrogens is 2. The first kappa shape index (κ1) is 15.5. The summed E-state index contributed by atoms with van der Waals surface area (Å²) >= 11 is 15.5. The van der Waals surface area contributed by atoms with E-state index in [-0.39, 0.29) is 5.82 Å². The molecule has 2 nitrogen and oxygen atoms in total. The average molecular weight is 400 g/mol. The predicted octanol–water partition coefficient (Wildman–Crippen LogP) is 5.81. The van der Waals surface area contributed by atoms with Crippen molar-refractivity contribution in [1.82, 2.24) is 9.55 Å². The molecular weight excluding hydrogens is 390 g/mol. The van der Waals surface area contributed by atoms with Gasteiger partial charge in [-0.05, 0) is 45.8 Å². The first-order valence-electron chi connectivity index (χ1n) is 6.45. The fourth-order valence-electron chi connectivity index (χ4n) is 2.19. The highest BCUT2D eigenvalue weighted by molar-refractivity contribution is 9.10. The van der Waals surface area contributed by atoms with Crippen molar-refractivity contribution in [2.75, 3.05) is 0 Å². The first-order chi connectivity index (χ1) is 10.6. The lowest BCUT2D eigenvalue weighted by Crippen LogP contribution is -2.02. The van der Waals surface area contributed by atoms with E-state index in [0.29, 0.717) is 26.9 Å². The smallest absolute Gasteiger partial charge is 0.141 e. The van der Waals surface area contributed by atoms with Crippen LogP contribution < -0.4 is 0 Å². The Hall–Kier alpha value is -1.36. The highest BCUT2D eigenvalue weighted by Gasteiger charge is 2.12. The monoisotopic (exact) mass is 398 g/mol. The van der Waals surface area contributed by atoms with Crippen LogP contribution in [0.2, 0.25) is 10.0 Å². The summed E-state index contributed by atoms with van der Waals surface area (Å²) in [5.74, 6) is 0.431. The van der Waals surface area contributed by atoms with Gasteiger partial charge in [-0.1, -0.05) is 35.3 Å². The third-order valence-electron chi connectivity index (χ3n) is 3.24. The lowest BCUT2D eigenvalue weighted by atomic mass is 10.2. The normalized spacial score (nSPS) is 10.9. The summed E-state index contributed by atoms with van der Waals surface area (Å²) in [6, 6.07) is 10.4. The number of benzene rings is 2. The van der Waals surface area contributed by atoms with E-state index in [0.717, 1.165) is 11.1 Å². The van der Waals surface area contributed by atoms with Gasteiger partial charge in [0.15, 0.2) is 0 Å². The molecule has 0 radical (unpaired) electrons. The molecule has 0 unspecified atom stereocenters. The molecule has 0 amide bonds. The Kier molecular flexibility index (Phi) is 4.52. The summed E-state index contributed by atoms with van der Waals surface area (Å²) in [5, 5.41) is 0.954. The molecule has 0 saturated carbocycles. The number of nitrogens with zero attached hydrogens (tertiary/aromatic N) is 2. The maximum absolute atomic E-state index is 13.3. The molecule has 1 heterocycles. The molecule has 0 aliphatic rings. The van der Waals surface area contributed by atoms with Crippen LogP contribution in [-0.4, -0.2) is 9.55 Å². The van der Waals surface area contributed by atoms with E-state index in [2.05, 4.69) is 20.9 Å². The molecule has 0 aliphatic carbocycles. The van der Waals surface area contributed by atoms with E-state index >= 15 is 0 Å². The molecule has 0 bridgehead atoms. The number of hydrogen-bond acceptors (Lipinski definition) is 1. The van der Waals surface area contributed by atoms with E-state index in [1.54, 1.807) is 24.4 Å². The topological polar surface area (TPSA) is 17.8 Å². The minimum atomic E-state index is -0.285. The molecule has 22 heavy (non-hydrogen) atoms. The van der Waals surface area contributed by atoms with Crippen LogP contribution in [0.15, 0.2) is 53.3 Å². The Labute approximate surface area is 145 Å². The minimum absolute atomic E-state index is 0.285. The molecule has 0 aliphatic heterocycles. The van der Waals surface area contributed by atoms with Crippen LogP contribution in [0.25, 0.3) is 11.4 Å². The van der Waals surface area contributed by atoms with Crippen LogP contribution >= 0.6 is 39.1 Å². The summed E-state index contributed by atoms with van der Waals surface area (Å²) in [6.45, 7) is 0.553. The van der Waals surface area contributed by atoms with E-state index in [1.165, 1.54) is 6.07 Å². The minimum Gasteiger partial charge on any atom is -0.327 e. The van der Waals surface area contributed by atoms with E-state index in [4.69, 9.17) is 23.2 Å². The molecule has 2 aromatic carbocycles. The van der Waals surface area contributed by atoms with E-state index < -0.39 is 0 Å². The van der Waals surface area contributed by atoms with Gasteiger partial charge in [0, 0.05) is 24.5 Å². The van der Waals surface area contributed by atoms with Gasteiger partial charge in [-0.2, -0.15) is 0 Å².